The normalized spacial score (nSPS) is 18.9. The van der Waals surface area contributed by atoms with Crippen molar-refractivity contribution < 1.29 is 32.2 Å². The molecule has 2 atom stereocenters. The molecule has 0 aliphatic carbocycles. The summed E-state index contributed by atoms with van der Waals surface area (Å²) in [7, 11) is 1.49. The number of halogens is 3. The number of thiazole rings is 1. The zero-order chi connectivity index (χ0) is 24.3. The van der Waals surface area contributed by atoms with Crippen LogP contribution in [0.1, 0.15) is 57.6 Å². The molecule has 13 heteroatoms. The van der Waals surface area contributed by atoms with Crippen LogP contribution in [-0.2, 0) is 22.1 Å². The topological polar surface area (TPSA) is 109 Å². The average molecular weight is 490 g/mol. The molecule has 9 nitrogen and oxygen atoms in total. The van der Waals surface area contributed by atoms with E-state index in [1.165, 1.54) is 18.4 Å². The van der Waals surface area contributed by atoms with Gasteiger partial charge in [0.1, 0.15) is 0 Å². The van der Waals surface area contributed by atoms with Crippen molar-refractivity contribution in [3.8, 4) is 0 Å². The molecule has 0 radical (unpaired) electrons. The lowest BCUT2D eigenvalue weighted by molar-refractivity contribution is -0.141. The predicted molar refractivity (Wildman–Crippen MR) is 115 cm³/mol. The Labute approximate surface area is 192 Å². The first kappa shape index (κ1) is 25.0. The number of anilines is 1. The summed E-state index contributed by atoms with van der Waals surface area (Å²) < 4.78 is 50.0. The predicted octanol–water partition coefficient (Wildman–Crippen LogP) is 2.96. The Bertz CT molecular complexity index is 1010. The van der Waals surface area contributed by atoms with Gasteiger partial charge in [0.25, 0.3) is 5.91 Å². The lowest BCUT2D eigenvalue weighted by atomic mass is 10.0. The van der Waals surface area contributed by atoms with E-state index in [1.54, 1.807) is 20.8 Å². The van der Waals surface area contributed by atoms with Crippen LogP contribution < -0.4 is 10.2 Å². The van der Waals surface area contributed by atoms with Gasteiger partial charge >= 0.3 is 12.1 Å². The molecule has 3 heterocycles. The van der Waals surface area contributed by atoms with Gasteiger partial charge in [-0.25, -0.2) is 14.8 Å². The number of H-pyrrole nitrogens is 1. The van der Waals surface area contributed by atoms with E-state index in [4.69, 9.17) is 9.47 Å². The zero-order valence-corrected chi connectivity index (χ0v) is 19.5. The SMILES string of the molecule is CCOC(=O)c1nc(N2CCC(NC(=O)c3nc(C(F)(F)F)c(CC)[nH]3)C(OC)C2)sc1C. The van der Waals surface area contributed by atoms with Crippen molar-refractivity contribution in [2.75, 3.05) is 31.7 Å². The molecule has 1 aliphatic rings. The van der Waals surface area contributed by atoms with Crippen molar-refractivity contribution in [3.63, 3.8) is 0 Å². The number of carbonyl (C=O) groups is 2. The number of esters is 1. The maximum absolute atomic E-state index is 13.1. The third kappa shape index (κ3) is 5.46. The maximum Gasteiger partial charge on any atom is 0.435 e. The summed E-state index contributed by atoms with van der Waals surface area (Å²) in [6, 6.07) is -0.436. The molecule has 0 aromatic carbocycles. The largest absolute Gasteiger partial charge is 0.461 e. The number of carbonyl (C=O) groups excluding carboxylic acids is 2. The molecular weight excluding hydrogens is 463 g/mol. The van der Waals surface area contributed by atoms with Crippen LogP contribution >= 0.6 is 11.3 Å². The highest BCUT2D eigenvalue weighted by molar-refractivity contribution is 7.15. The van der Waals surface area contributed by atoms with Gasteiger partial charge in [0, 0.05) is 30.8 Å². The lowest BCUT2D eigenvalue weighted by Gasteiger charge is -2.37. The van der Waals surface area contributed by atoms with Gasteiger partial charge in [-0.3, -0.25) is 4.79 Å². The van der Waals surface area contributed by atoms with E-state index in [-0.39, 0.29) is 30.2 Å². The Kier molecular flexibility index (Phi) is 7.62. The minimum absolute atomic E-state index is 0.0647. The highest BCUT2D eigenvalue weighted by atomic mass is 32.1. The molecule has 182 valence electrons. The van der Waals surface area contributed by atoms with Gasteiger partial charge in [0.15, 0.2) is 22.3 Å². The van der Waals surface area contributed by atoms with Gasteiger partial charge in [0.2, 0.25) is 0 Å². The van der Waals surface area contributed by atoms with E-state index >= 15 is 0 Å². The summed E-state index contributed by atoms with van der Waals surface area (Å²) in [6.07, 6.45) is -4.56. The minimum Gasteiger partial charge on any atom is -0.461 e. The summed E-state index contributed by atoms with van der Waals surface area (Å²) in [6.45, 7) is 6.20. The highest BCUT2D eigenvalue weighted by Crippen LogP contribution is 2.31. The first-order chi connectivity index (χ1) is 15.6. The van der Waals surface area contributed by atoms with Crippen LogP contribution in [0.5, 0.6) is 0 Å². The number of alkyl halides is 3. The molecular formula is C20H26F3N5O4S. The van der Waals surface area contributed by atoms with Crippen LogP contribution in [-0.4, -0.2) is 65.8 Å². The number of methoxy groups -OCH3 is 1. The monoisotopic (exact) mass is 489 g/mol. The highest BCUT2D eigenvalue weighted by Gasteiger charge is 2.38. The van der Waals surface area contributed by atoms with Crippen molar-refractivity contribution >= 4 is 28.3 Å². The summed E-state index contributed by atoms with van der Waals surface area (Å²) in [5.41, 5.74) is -0.946. The van der Waals surface area contributed by atoms with Crippen molar-refractivity contribution in [1.82, 2.24) is 20.3 Å². The Morgan fingerprint density at radius 3 is 2.61 bits per heavy atom. The number of rotatable bonds is 7. The van der Waals surface area contributed by atoms with Crippen molar-refractivity contribution in [3.05, 3.63) is 27.8 Å². The van der Waals surface area contributed by atoms with Crippen molar-refractivity contribution in [2.45, 2.75) is 51.9 Å². The first-order valence-corrected chi connectivity index (χ1v) is 11.3. The Morgan fingerprint density at radius 1 is 1.30 bits per heavy atom. The molecule has 1 amide bonds. The number of hydrogen-bond donors (Lipinski definition) is 2. The fourth-order valence-corrected chi connectivity index (χ4v) is 4.58. The first-order valence-electron chi connectivity index (χ1n) is 10.5. The van der Waals surface area contributed by atoms with Gasteiger partial charge in [-0.1, -0.05) is 6.92 Å². The number of aryl methyl sites for hydroxylation is 2. The summed E-state index contributed by atoms with van der Waals surface area (Å²) in [5, 5.41) is 3.37. The molecule has 1 fully saturated rings. The van der Waals surface area contributed by atoms with Gasteiger partial charge in [0.05, 0.1) is 18.8 Å². The number of piperidine rings is 1. The molecule has 0 spiro atoms. The van der Waals surface area contributed by atoms with Crippen LogP contribution in [0.15, 0.2) is 0 Å². The number of aromatic amines is 1. The number of ether oxygens (including phenoxy) is 2. The summed E-state index contributed by atoms with van der Waals surface area (Å²) in [4.78, 5) is 37.7. The van der Waals surface area contributed by atoms with Crippen LogP contribution in [0.3, 0.4) is 0 Å². The van der Waals surface area contributed by atoms with Crippen LogP contribution in [0.4, 0.5) is 18.3 Å². The third-order valence-electron chi connectivity index (χ3n) is 5.32. The van der Waals surface area contributed by atoms with Gasteiger partial charge in [-0.15, -0.1) is 11.3 Å². The maximum atomic E-state index is 13.1. The fraction of sp³-hybridized carbons (Fsp3) is 0.600. The molecule has 33 heavy (non-hydrogen) atoms. The lowest BCUT2D eigenvalue weighted by Crippen LogP contribution is -2.55. The van der Waals surface area contributed by atoms with Gasteiger partial charge < -0.3 is 24.7 Å². The number of hydrogen-bond acceptors (Lipinski definition) is 8. The van der Waals surface area contributed by atoms with E-state index in [0.29, 0.717) is 24.6 Å². The quantitative estimate of drug-likeness (QED) is 0.576. The van der Waals surface area contributed by atoms with E-state index in [0.717, 1.165) is 4.88 Å². The minimum atomic E-state index is -4.64. The second-order valence-electron chi connectivity index (χ2n) is 7.47. The van der Waals surface area contributed by atoms with E-state index in [9.17, 15) is 22.8 Å². The number of nitrogens with one attached hydrogen (secondary N) is 2. The molecule has 2 aromatic heterocycles. The Morgan fingerprint density at radius 2 is 2.03 bits per heavy atom. The smallest absolute Gasteiger partial charge is 0.435 e. The van der Waals surface area contributed by atoms with Crippen molar-refractivity contribution in [2.24, 2.45) is 0 Å². The summed E-state index contributed by atoms with van der Waals surface area (Å²) >= 11 is 1.36. The number of amides is 1. The fourth-order valence-electron chi connectivity index (χ4n) is 3.64. The Hall–Kier alpha value is -2.67. The zero-order valence-electron chi connectivity index (χ0n) is 18.7. The van der Waals surface area contributed by atoms with Crippen LogP contribution in [0, 0.1) is 6.92 Å². The molecule has 1 saturated heterocycles. The standard InChI is InChI=1S/C20H26F3N5O4S/c1-5-11-15(20(21,22)23)27-16(24-11)17(29)25-12-7-8-28(9-13(12)31-4)19-26-14(10(3)33-19)18(30)32-6-2/h12-13H,5-9H2,1-4H3,(H,24,27)(H,25,29). The Balaban J connectivity index is 1.70. The van der Waals surface area contributed by atoms with E-state index < -0.39 is 35.9 Å². The average Bonchev–Trinajstić information content (AvgIpc) is 3.38. The molecule has 2 aromatic rings. The second-order valence-corrected chi connectivity index (χ2v) is 8.66. The molecule has 3 rings (SSSR count). The summed E-state index contributed by atoms with van der Waals surface area (Å²) in [5.74, 6) is -1.59. The number of nitrogens with zero attached hydrogens (tertiary/aromatic N) is 3. The number of imidazole rings is 1. The van der Waals surface area contributed by atoms with Gasteiger partial charge in [-0.05, 0) is 26.7 Å². The number of aromatic nitrogens is 3. The van der Waals surface area contributed by atoms with Crippen LogP contribution in [0.2, 0.25) is 0 Å². The molecule has 2 unspecified atom stereocenters. The molecule has 0 bridgehead atoms. The van der Waals surface area contributed by atoms with E-state index in [1.807, 2.05) is 4.90 Å². The molecule has 1 aliphatic heterocycles. The third-order valence-corrected chi connectivity index (χ3v) is 6.35. The molecule has 0 saturated carbocycles. The van der Waals surface area contributed by atoms with Gasteiger partial charge in [-0.2, -0.15) is 13.2 Å². The van der Waals surface area contributed by atoms with Crippen LogP contribution in [0.25, 0.3) is 0 Å². The van der Waals surface area contributed by atoms with Crippen molar-refractivity contribution in [1.29, 1.82) is 0 Å². The second kappa shape index (κ2) is 10.1. The molecule has 2 N–H and O–H groups in total. The van der Waals surface area contributed by atoms with E-state index in [2.05, 4.69) is 20.3 Å².